The van der Waals surface area contributed by atoms with E-state index in [1.165, 1.54) is 0 Å². The fourth-order valence-electron chi connectivity index (χ4n) is 10.2. The van der Waals surface area contributed by atoms with Crippen LogP contribution in [0.5, 0.6) is 0 Å². The second-order valence-corrected chi connectivity index (χ2v) is 13.9. The third-order valence-corrected chi connectivity index (χ3v) is 11.8. The second-order valence-electron chi connectivity index (χ2n) is 13.9. The van der Waals surface area contributed by atoms with Crippen molar-refractivity contribution >= 4 is 23.5 Å². The van der Waals surface area contributed by atoms with Crippen molar-refractivity contribution in [2.24, 2.45) is 35.0 Å². The summed E-state index contributed by atoms with van der Waals surface area (Å²) in [6.45, 7) is 9.59. The van der Waals surface area contributed by atoms with Gasteiger partial charge < -0.3 is 23.7 Å². The highest BCUT2D eigenvalue weighted by molar-refractivity contribution is 6.07. The predicted octanol–water partition coefficient (Wildman–Crippen LogP) is 2.43. The molecule has 3 spiro atoms. The Balaban J connectivity index is 1.32. The Morgan fingerprint density at radius 1 is 0.947 bits per heavy atom. The molecular formula is C29H34O9. The molecule has 8 aliphatic rings. The molecule has 9 heteroatoms. The van der Waals surface area contributed by atoms with E-state index in [0.29, 0.717) is 24.8 Å². The molecule has 0 N–H and O–H groups in total. The van der Waals surface area contributed by atoms with Crippen molar-refractivity contribution in [3.8, 4) is 0 Å². The molecule has 12 atom stereocenters. The number of fused-ring (bicyclic) bond motifs is 2. The maximum Gasteiger partial charge on any atom is 0.311 e. The summed E-state index contributed by atoms with van der Waals surface area (Å²) in [7, 11) is 0. The monoisotopic (exact) mass is 526 g/mol. The van der Waals surface area contributed by atoms with Gasteiger partial charge in [0.05, 0.1) is 17.9 Å². The minimum absolute atomic E-state index is 0.0674. The lowest BCUT2D eigenvalue weighted by Gasteiger charge is -2.49. The third kappa shape index (κ3) is 2.35. The van der Waals surface area contributed by atoms with Crippen molar-refractivity contribution in [2.75, 3.05) is 0 Å². The van der Waals surface area contributed by atoms with E-state index in [1.54, 1.807) is 6.92 Å². The Morgan fingerprint density at radius 2 is 1.71 bits per heavy atom. The number of carbonyl (C=O) groups excluding carboxylic acids is 4. The van der Waals surface area contributed by atoms with Crippen molar-refractivity contribution in [1.82, 2.24) is 0 Å². The molecule has 12 unspecified atom stereocenters. The summed E-state index contributed by atoms with van der Waals surface area (Å²) in [4.78, 5) is 53.9. The molecule has 6 heterocycles. The predicted molar refractivity (Wildman–Crippen MR) is 127 cm³/mol. The van der Waals surface area contributed by atoms with E-state index in [9.17, 15) is 19.2 Å². The molecule has 0 aromatic rings. The number of hydrogen-bond acceptors (Lipinski definition) is 9. The van der Waals surface area contributed by atoms with Gasteiger partial charge in [-0.25, -0.2) is 0 Å². The van der Waals surface area contributed by atoms with E-state index in [2.05, 4.69) is 0 Å². The quantitative estimate of drug-likeness (QED) is 0.439. The maximum atomic E-state index is 14.7. The van der Waals surface area contributed by atoms with Gasteiger partial charge in [0.1, 0.15) is 35.3 Å². The SMILES string of the molecule is CC1C(=O)OC2C1OC13OC4(CCC5(C)C(=O)C(C)C2C51)CC12OC(=O)CC1OC(C)(C)C2CC=C4C3=O. The molecule has 38 heavy (non-hydrogen) atoms. The van der Waals surface area contributed by atoms with E-state index >= 15 is 0 Å². The van der Waals surface area contributed by atoms with Crippen LogP contribution in [0, 0.1) is 35.0 Å². The molecule has 6 saturated heterocycles. The Morgan fingerprint density at radius 3 is 2.47 bits per heavy atom. The van der Waals surface area contributed by atoms with Crippen LogP contribution in [0.25, 0.3) is 0 Å². The number of allylic oxidation sites excluding steroid dienone is 1. The average Bonchev–Trinajstić information content (AvgIpc) is 3.42. The highest BCUT2D eigenvalue weighted by Gasteiger charge is 2.81. The van der Waals surface area contributed by atoms with Crippen LogP contribution in [-0.2, 0) is 42.9 Å². The van der Waals surface area contributed by atoms with Crippen LogP contribution < -0.4 is 0 Å². The first-order chi connectivity index (χ1) is 17.8. The highest BCUT2D eigenvalue weighted by Crippen LogP contribution is 2.70. The Bertz CT molecular complexity index is 1270. The van der Waals surface area contributed by atoms with Gasteiger partial charge in [0.15, 0.2) is 0 Å². The minimum Gasteiger partial charge on any atom is -0.459 e. The zero-order chi connectivity index (χ0) is 26.8. The van der Waals surface area contributed by atoms with Crippen LogP contribution in [0.3, 0.4) is 0 Å². The van der Waals surface area contributed by atoms with Crippen molar-refractivity contribution in [3.05, 3.63) is 11.6 Å². The Labute approximate surface area is 220 Å². The van der Waals surface area contributed by atoms with Gasteiger partial charge in [0.2, 0.25) is 11.6 Å². The van der Waals surface area contributed by atoms with Crippen LogP contribution in [-0.4, -0.2) is 64.4 Å². The Hall–Kier alpha value is -2.10. The Kier molecular flexibility index (Phi) is 4.13. The fourth-order valence-corrected chi connectivity index (χ4v) is 10.2. The molecule has 1 saturated carbocycles. The van der Waals surface area contributed by atoms with Crippen LogP contribution in [0.15, 0.2) is 11.6 Å². The van der Waals surface area contributed by atoms with Crippen LogP contribution in [0.4, 0.5) is 0 Å². The number of ether oxygens (including phenoxy) is 5. The first-order valence-corrected chi connectivity index (χ1v) is 14.1. The van der Waals surface area contributed by atoms with Crippen molar-refractivity contribution in [1.29, 1.82) is 0 Å². The smallest absolute Gasteiger partial charge is 0.311 e. The van der Waals surface area contributed by atoms with E-state index < -0.39 is 64.1 Å². The minimum atomic E-state index is -1.69. The number of rotatable bonds is 0. The van der Waals surface area contributed by atoms with Gasteiger partial charge in [0, 0.05) is 41.1 Å². The van der Waals surface area contributed by atoms with E-state index in [1.807, 2.05) is 33.8 Å². The molecule has 2 aliphatic carbocycles. The molecular weight excluding hydrogens is 492 g/mol. The lowest BCUT2D eigenvalue weighted by atomic mass is 9.62. The molecule has 0 amide bonds. The molecule has 0 radical (unpaired) electrons. The number of hydrogen-bond donors (Lipinski definition) is 0. The summed E-state index contributed by atoms with van der Waals surface area (Å²) in [6, 6.07) is 0. The molecule has 0 aromatic heterocycles. The van der Waals surface area contributed by atoms with Gasteiger partial charge in [-0.3, -0.25) is 19.2 Å². The highest BCUT2D eigenvalue weighted by atomic mass is 16.7. The number of Topliss-reactive ketones (excluding diaryl/α,β-unsaturated/α-hetero) is 2. The summed E-state index contributed by atoms with van der Waals surface area (Å²) in [6.07, 6.45) is 2.13. The fraction of sp³-hybridized carbons (Fsp3) is 0.793. The summed E-state index contributed by atoms with van der Waals surface area (Å²) in [5.74, 6) is -4.62. The molecule has 7 fully saturated rings. The van der Waals surface area contributed by atoms with Crippen LogP contribution in [0.1, 0.15) is 66.7 Å². The number of carbonyl (C=O) groups is 4. The molecule has 204 valence electrons. The standard InChI is InChI=1S/C29H34O9/c1-12-18-20-19(13(2)24(33)34-20)37-29-21(18)26(5,22(12)31)8-9-27(38-29)11-28-15(7-6-14(27)23(29)32)25(3,4)35-16(28)10-17(30)36-28/h6,12-13,15-16,18-21H,7-11H2,1-5H3. The zero-order valence-corrected chi connectivity index (χ0v) is 22.4. The topological polar surface area (TPSA) is 114 Å². The van der Waals surface area contributed by atoms with Gasteiger partial charge in [-0.15, -0.1) is 0 Å². The lowest BCUT2D eigenvalue weighted by Crippen LogP contribution is -2.63. The van der Waals surface area contributed by atoms with Gasteiger partial charge in [0.25, 0.3) is 0 Å². The largest absolute Gasteiger partial charge is 0.459 e. The van der Waals surface area contributed by atoms with Gasteiger partial charge in [-0.1, -0.05) is 19.9 Å². The van der Waals surface area contributed by atoms with Crippen LogP contribution >= 0.6 is 0 Å². The van der Waals surface area contributed by atoms with E-state index in [4.69, 9.17) is 23.7 Å². The molecule has 2 bridgehead atoms. The van der Waals surface area contributed by atoms with E-state index in [0.717, 1.165) is 0 Å². The number of ketones is 2. The maximum absolute atomic E-state index is 14.7. The van der Waals surface area contributed by atoms with Crippen LogP contribution in [0.2, 0.25) is 0 Å². The van der Waals surface area contributed by atoms with Crippen molar-refractivity contribution in [3.63, 3.8) is 0 Å². The first-order valence-electron chi connectivity index (χ1n) is 14.1. The summed E-state index contributed by atoms with van der Waals surface area (Å²) >= 11 is 0. The lowest BCUT2D eigenvalue weighted by molar-refractivity contribution is -0.329. The van der Waals surface area contributed by atoms with Gasteiger partial charge in [-0.05, 0) is 40.0 Å². The van der Waals surface area contributed by atoms with Crippen molar-refractivity contribution < 1.29 is 42.9 Å². The number of esters is 2. The van der Waals surface area contributed by atoms with Gasteiger partial charge in [-0.2, -0.15) is 0 Å². The normalized spacial score (nSPS) is 57.1. The zero-order valence-electron chi connectivity index (χ0n) is 22.4. The first kappa shape index (κ1) is 23.8. The summed E-state index contributed by atoms with van der Waals surface area (Å²) in [5.41, 5.74) is -2.88. The molecule has 0 aromatic carbocycles. The second kappa shape index (κ2) is 6.61. The molecule has 9 nitrogen and oxygen atoms in total. The third-order valence-electron chi connectivity index (χ3n) is 11.8. The molecule has 8 rings (SSSR count). The van der Waals surface area contributed by atoms with E-state index in [-0.39, 0.29) is 48.2 Å². The average molecular weight is 527 g/mol. The summed E-state index contributed by atoms with van der Waals surface area (Å²) in [5, 5.41) is 0. The molecule has 6 aliphatic heterocycles. The van der Waals surface area contributed by atoms with Crippen molar-refractivity contribution in [2.45, 2.75) is 108 Å². The van der Waals surface area contributed by atoms with Gasteiger partial charge >= 0.3 is 11.9 Å². The summed E-state index contributed by atoms with van der Waals surface area (Å²) < 4.78 is 32.1.